The van der Waals surface area contributed by atoms with Crippen LogP contribution in [0.4, 0.5) is 4.39 Å². The van der Waals surface area contributed by atoms with Crippen LogP contribution in [0.15, 0.2) is 18.2 Å². The number of benzene rings is 1. The summed E-state index contributed by atoms with van der Waals surface area (Å²) in [5.74, 6) is -0.781. The van der Waals surface area contributed by atoms with Gasteiger partial charge in [0.25, 0.3) is 5.91 Å². The van der Waals surface area contributed by atoms with Crippen molar-refractivity contribution in [1.82, 2.24) is 10.6 Å². The molecule has 0 radical (unpaired) electrons. The third-order valence-corrected chi connectivity index (χ3v) is 3.00. The monoisotopic (exact) mass is 272 g/mol. The van der Waals surface area contributed by atoms with E-state index in [0.717, 1.165) is 31.5 Å². The molecule has 1 aliphatic heterocycles. The van der Waals surface area contributed by atoms with Crippen molar-refractivity contribution < 1.29 is 9.18 Å². The Morgan fingerprint density at radius 1 is 1.50 bits per heavy atom. The van der Waals surface area contributed by atoms with Crippen LogP contribution in [0.2, 0.25) is 0 Å². The molecular weight excluding hydrogens is 255 g/mol. The normalized spacial score (nSPS) is 18.9. The number of hydrogen-bond donors (Lipinski definition) is 2. The van der Waals surface area contributed by atoms with Gasteiger partial charge in [0.2, 0.25) is 0 Å². The molecule has 0 saturated carbocycles. The Morgan fingerprint density at radius 2 is 2.28 bits per heavy atom. The molecule has 2 N–H and O–H groups in total. The summed E-state index contributed by atoms with van der Waals surface area (Å²) in [6.07, 6.45) is 1.99. The van der Waals surface area contributed by atoms with Crippen molar-refractivity contribution in [3.05, 3.63) is 35.1 Å². The van der Waals surface area contributed by atoms with Gasteiger partial charge in [0.05, 0.1) is 5.56 Å². The Kier molecular flexibility index (Phi) is 5.56. The average Bonchev–Trinajstić information content (AvgIpc) is 2.33. The lowest BCUT2D eigenvalue weighted by molar-refractivity contribution is 0.0926. The first-order valence-corrected chi connectivity index (χ1v) is 5.94. The number of halogens is 2. The summed E-state index contributed by atoms with van der Waals surface area (Å²) in [6, 6.07) is 4.69. The molecule has 3 nitrogen and oxygen atoms in total. The molecule has 1 aromatic carbocycles. The molecule has 0 aliphatic carbocycles. The minimum Gasteiger partial charge on any atom is -0.348 e. The zero-order valence-corrected chi connectivity index (χ0v) is 11.1. The van der Waals surface area contributed by atoms with Crippen LogP contribution in [0.25, 0.3) is 0 Å². The largest absolute Gasteiger partial charge is 0.348 e. The van der Waals surface area contributed by atoms with Gasteiger partial charge in [0.15, 0.2) is 0 Å². The minimum absolute atomic E-state index is 0. The van der Waals surface area contributed by atoms with E-state index >= 15 is 0 Å². The van der Waals surface area contributed by atoms with Crippen molar-refractivity contribution in [3.8, 4) is 0 Å². The SMILES string of the molecule is Cc1ccc(F)c(C(=O)NC2CCCNC2)c1.Cl. The fraction of sp³-hybridized carbons (Fsp3) is 0.462. The predicted molar refractivity (Wildman–Crippen MR) is 71.7 cm³/mol. The van der Waals surface area contributed by atoms with Crippen LogP contribution >= 0.6 is 12.4 Å². The second kappa shape index (κ2) is 6.71. The number of amides is 1. The fourth-order valence-corrected chi connectivity index (χ4v) is 2.05. The van der Waals surface area contributed by atoms with Gasteiger partial charge in [0.1, 0.15) is 5.82 Å². The Hall–Kier alpha value is -1.13. The summed E-state index contributed by atoms with van der Waals surface area (Å²) >= 11 is 0. The second-order valence-electron chi connectivity index (χ2n) is 4.50. The summed E-state index contributed by atoms with van der Waals surface area (Å²) in [5, 5.41) is 6.07. The zero-order chi connectivity index (χ0) is 12.3. The lowest BCUT2D eigenvalue weighted by atomic mass is 10.1. The van der Waals surface area contributed by atoms with E-state index in [4.69, 9.17) is 0 Å². The van der Waals surface area contributed by atoms with Gasteiger partial charge in [-0.3, -0.25) is 4.79 Å². The topological polar surface area (TPSA) is 41.1 Å². The summed E-state index contributed by atoms with van der Waals surface area (Å²) in [5.41, 5.74) is 1.02. The summed E-state index contributed by atoms with van der Waals surface area (Å²) in [6.45, 7) is 3.60. The number of carbonyl (C=O) groups excluding carboxylic acids is 1. The van der Waals surface area contributed by atoms with Crippen molar-refractivity contribution in [1.29, 1.82) is 0 Å². The first kappa shape index (κ1) is 14.9. The molecule has 1 aliphatic rings. The minimum atomic E-state index is -0.461. The van der Waals surface area contributed by atoms with Gasteiger partial charge in [-0.1, -0.05) is 11.6 Å². The molecule has 1 aromatic rings. The van der Waals surface area contributed by atoms with Crippen molar-refractivity contribution in [2.45, 2.75) is 25.8 Å². The first-order valence-electron chi connectivity index (χ1n) is 5.94. The van der Waals surface area contributed by atoms with Crippen LogP contribution < -0.4 is 10.6 Å². The van der Waals surface area contributed by atoms with E-state index in [0.29, 0.717) is 0 Å². The van der Waals surface area contributed by atoms with Crippen molar-refractivity contribution >= 4 is 18.3 Å². The third kappa shape index (κ3) is 3.68. The fourth-order valence-electron chi connectivity index (χ4n) is 2.05. The summed E-state index contributed by atoms with van der Waals surface area (Å²) in [7, 11) is 0. The Labute approximate surface area is 113 Å². The third-order valence-electron chi connectivity index (χ3n) is 3.00. The van der Waals surface area contributed by atoms with Crippen LogP contribution in [-0.2, 0) is 0 Å². The molecule has 0 bridgehead atoms. The number of aryl methyl sites for hydroxylation is 1. The maximum Gasteiger partial charge on any atom is 0.254 e. The molecule has 1 heterocycles. The highest BCUT2D eigenvalue weighted by molar-refractivity contribution is 5.94. The van der Waals surface area contributed by atoms with Crippen molar-refractivity contribution in [2.24, 2.45) is 0 Å². The molecule has 1 amide bonds. The summed E-state index contributed by atoms with van der Waals surface area (Å²) in [4.78, 5) is 11.9. The molecule has 1 atom stereocenters. The lowest BCUT2D eigenvalue weighted by Crippen LogP contribution is -2.45. The molecule has 0 aromatic heterocycles. The highest BCUT2D eigenvalue weighted by Crippen LogP contribution is 2.11. The Morgan fingerprint density at radius 3 is 2.94 bits per heavy atom. The van der Waals surface area contributed by atoms with Crippen LogP contribution in [0.3, 0.4) is 0 Å². The van der Waals surface area contributed by atoms with Gasteiger partial charge >= 0.3 is 0 Å². The molecule has 1 unspecified atom stereocenters. The smallest absolute Gasteiger partial charge is 0.254 e. The maximum atomic E-state index is 13.5. The molecule has 1 fully saturated rings. The van der Waals surface area contributed by atoms with E-state index in [1.165, 1.54) is 6.07 Å². The maximum absolute atomic E-state index is 13.5. The Bertz CT molecular complexity index is 419. The second-order valence-corrected chi connectivity index (χ2v) is 4.50. The van der Waals surface area contributed by atoms with Gasteiger partial charge < -0.3 is 10.6 Å². The van der Waals surface area contributed by atoms with Gasteiger partial charge in [-0.25, -0.2) is 4.39 Å². The van der Waals surface area contributed by atoms with Crippen molar-refractivity contribution in [2.75, 3.05) is 13.1 Å². The van der Waals surface area contributed by atoms with Gasteiger partial charge in [0, 0.05) is 12.6 Å². The van der Waals surface area contributed by atoms with E-state index in [1.54, 1.807) is 12.1 Å². The number of hydrogen-bond acceptors (Lipinski definition) is 2. The van der Waals surface area contributed by atoms with Crippen LogP contribution in [-0.4, -0.2) is 25.0 Å². The molecule has 100 valence electrons. The van der Waals surface area contributed by atoms with Crippen molar-refractivity contribution in [3.63, 3.8) is 0 Å². The number of carbonyl (C=O) groups is 1. The number of piperidine rings is 1. The molecule has 5 heteroatoms. The predicted octanol–water partition coefficient (Wildman–Crippen LogP) is 2.04. The number of rotatable bonds is 2. The Balaban J connectivity index is 0.00000162. The first-order chi connectivity index (χ1) is 8.16. The van der Waals surface area contributed by atoms with Crippen LogP contribution in [0.1, 0.15) is 28.8 Å². The van der Waals surface area contributed by atoms with E-state index < -0.39 is 5.82 Å². The average molecular weight is 273 g/mol. The van der Waals surface area contributed by atoms with Gasteiger partial charge in [-0.15, -0.1) is 12.4 Å². The van der Waals surface area contributed by atoms with Gasteiger partial charge in [-0.05, 0) is 38.4 Å². The molecule has 1 saturated heterocycles. The highest BCUT2D eigenvalue weighted by atomic mass is 35.5. The standard InChI is InChI=1S/C13H17FN2O.ClH/c1-9-4-5-12(14)11(7-9)13(17)16-10-3-2-6-15-8-10;/h4-5,7,10,15H,2-3,6,8H2,1H3,(H,16,17);1H. The molecule has 2 rings (SSSR count). The summed E-state index contributed by atoms with van der Waals surface area (Å²) < 4.78 is 13.5. The van der Waals surface area contributed by atoms with E-state index in [9.17, 15) is 9.18 Å². The molecule has 18 heavy (non-hydrogen) atoms. The number of nitrogens with one attached hydrogen (secondary N) is 2. The van der Waals surface area contributed by atoms with Crippen LogP contribution in [0.5, 0.6) is 0 Å². The van der Waals surface area contributed by atoms with E-state index in [1.807, 2.05) is 6.92 Å². The van der Waals surface area contributed by atoms with E-state index in [2.05, 4.69) is 10.6 Å². The van der Waals surface area contributed by atoms with Crippen LogP contribution in [0, 0.1) is 12.7 Å². The lowest BCUT2D eigenvalue weighted by Gasteiger charge is -2.23. The van der Waals surface area contributed by atoms with Gasteiger partial charge in [-0.2, -0.15) is 0 Å². The quantitative estimate of drug-likeness (QED) is 0.865. The molecule has 0 spiro atoms. The zero-order valence-electron chi connectivity index (χ0n) is 10.3. The van der Waals surface area contributed by atoms with E-state index in [-0.39, 0.29) is 29.9 Å². The molecular formula is C13H18ClFN2O. The highest BCUT2D eigenvalue weighted by Gasteiger charge is 2.18.